The van der Waals surface area contributed by atoms with Crippen LogP contribution in [0.2, 0.25) is 10.0 Å². The van der Waals surface area contributed by atoms with Crippen LogP contribution in [-0.2, 0) is 6.42 Å². The predicted octanol–water partition coefficient (Wildman–Crippen LogP) is 4.19. The minimum Gasteiger partial charge on any atom is -0.271 e. The number of aryl methyl sites for hydroxylation is 1. The van der Waals surface area contributed by atoms with Crippen molar-refractivity contribution in [1.82, 2.24) is 5.43 Å². The van der Waals surface area contributed by atoms with Crippen molar-refractivity contribution in [2.24, 2.45) is 5.84 Å². The molecule has 0 aliphatic rings. The Hall–Kier alpha value is -1.13. The van der Waals surface area contributed by atoms with Crippen molar-refractivity contribution in [3.8, 4) is 0 Å². The molecular weight excluding hydrogens is 298 g/mol. The lowest BCUT2D eigenvalue weighted by atomic mass is 9.98. The first kappa shape index (κ1) is 15.3. The molecule has 3 N–H and O–H groups in total. The molecule has 0 amide bonds. The van der Waals surface area contributed by atoms with E-state index in [1.807, 2.05) is 25.1 Å². The van der Waals surface area contributed by atoms with Crippen LogP contribution in [-0.4, -0.2) is 0 Å². The van der Waals surface area contributed by atoms with Crippen LogP contribution >= 0.6 is 23.2 Å². The third-order valence-corrected chi connectivity index (χ3v) is 3.94. The third kappa shape index (κ3) is 3.49. The fraction of sp³-hybridized carbons (Fsp3) is 0.200. The summed E-state index contributed by atoms with van der Waals surface area (Å²) in [5.74, 6) is 5.18. The molecule has 0 aliphatic heterocycles. The van der Waals surface area contributed by atoms with Crippen LogP contribution < -0.4 is 11.3 Å². The van der Waals surface area contributed by atoms with Gasteiger partial charge in [-0.25, -0.2) is 4.39 Å². The standard InChI is InChI=1S/C15H15Cl2FN2/c1-9-6-11(3-5-12(9)16)15(20-19)8-10-2-4-13(17)14(18)7-10/h2-7,15,20H,8,19H2,1H3. The second kappa shape index (κ2) is 6.55. The van der Waals surface area contributed by atoms with Crippen molar-refractivity contribution in [3.63, 3.8) is 0 Å². The van der Waals surface area contributed by atoms with Crippen molar-refractivity contribution in [2.45, 2.75) is 19.4 Å². The molecule has 2 rings (SSSR count). The number of benzene rings is 2. The topological polar surface area (TPSA) is 38.0 Å². The number of nitrogens with one attached hydrogen (secondary N) is 1. The second-order valence-electron chi connectivity index (χ2n) is 4.68. The molecule has 5 heteroatoms. The van der Waals surface area contributed by atoms with Crippen molar-refractivity contribution in [1.29, 1.82) is 0 Å². The second-order valence-corrected chi connectivity index (χ2v) is 5.49. The summed E-state index contributed by atoms with van der Waals surface area (Å²) in [6.07, 6.45) is 0.561. The predicted molar refractivity (Wildman–Crippen MR) is 81.4 cm³/mol. The van der Waals surface area contributed by atoms with Crippen molar-refractivity contribution in [2.75, 3.05) is 0 Å². The van der Waals surface area contributed by atoms with E-state index in [1.165, 1.54) is 6.07 Å². The highest BCUT2D eigenvalue weighted by atomic mass is 35.5. The van der Waals surface area contributed by atoms with E-state index in [4.69, 9.17) is 29.0 Å². The van der Waals surface area contributed by atoms with Crippen LogP contribution in [0, 0.1) is 12.7 Å². The minimum atomic E-state index is -0.424. The van der Waals surface area contributed by atoms with Crippen molar-refractivity contribution in [3.05, 3.63) is 69.0 Å². The molecule has 0 bridgehead atoms. The molecule has 0 saturated heterocycles. The van der Waals surface area contributed by atoms with Gasteiger partial charge in [0, 0.05) is 11.1 Å². The summed E-state index contributed by atoms with van der Waals surface area (Å²) in [6.45, 7) is 1.93. The summed E-state index contributed by atoms with van der Waals surface area (Å²) >= 11 is 11.7. The maximum atomic E-state index is 13.5. The van der Waals surface area contributed by atoms with E-state index in [1.54, 1.807) is 12.1 Å². The number of hydrogen-bond donors (Lipinski definition) is 2. The van der Waals surface area contributed by atoms with Crippen LogP contribution in [0.25, 0.3) is 0 Å². The van der Waals surface area contributed by atoms with E-state index >= 15 is 0 Å². The number of hydrazine groups is 1. The smallest absolute Gasteiger partial charge is 0.142 e. The lowest BCUT2D eigenvalue weighted by Gasteiger charge is -2.17. The third-order valence-electron chi connectivity index (χ3n) is 3.21. The molecule has 0 saturated carbocycles. The molecule has 0 aromatic heterocycles. The zero-order chi connectivity index (χ0) is 14.7. The van der Waals surface area contributed by atoms with Crippen LogP contribution in [0.3, 0.4) is 0 Å². The Kier molecular flexibility index (Phi) is 5.00. The number of nitrogens with two attached hydrogens (primary N) is 1. The highest BCUT2D eigenvalue weighted by molar-refractivity contribution is 6.31. The maximum absolute atomic E-state index is 13.5. The largest absolute Gasteiger partial charge is 0.271 e. The summed E-state index contributed by atoms with van der Waals surface area (Å²) < 4.78 is 13.5. The van der Waals surface area contributed by atoms with Gasteiger partial charge in [-0.15, -0.1) is 0 Å². The molecule has 106 valence electrons. The molecule has 2 aromatic carbocycles. The Bertz CT molecular complexity index is 617. The number of rotatable bonds is 4. The van der Waals surface area contributed by atoms with Crippen LogP contribution in [0.5, 0.6) is 0 Å². The summed E-state index contributed by atoms with van der Waals surface area (Å²) in [5.41, 5.74) is 5.55. The minimum absolute atomic E-state index is 0.119. The van der Waals surface area contributed by atoms with Gasteiger partial charge in [0.25, 0.3) is 0 Å². The zero-order valence-electron chi connectivity index (χ0n) is 11.0. The van der Waals surface area contributed by atoms with Gasteiger partial charge in [-0.05, 0) is 48.2 Å². The van der Waals surface area contributed by atoms with E-state index in [-0.39, 0.29) is 11.1 Å². The van der Waals surface area contributed by atoms with E-state index in [0.717, 1.165) is 16.7 Å². The van der Waals surface area contributed by atoms with Crippen LogP contribution in [0.4, 0.5) is 4.39 Å². The summed E-state index contributed by atoms with van der Waals surface area (Å²) in [4.78, 5) is 0. The van der Waals surface area contributed by atoms with Gasteiger partial charge in [0.15, 0.2) is 0 Å². The molecule has 1 unspecified atom stereocenters. The van der Waals surface area contributed by atoms with Gasteiger partial charge in [-0.2, -0.15) is 0 Å². The van der Waals surface area contributed by atoms with Gasteiger partial charge >= 0.3 is 0 Å². The Morgan fingerprint density at radius 1 is 1.15 bits per heavy atom. The lowest BCUT2D eigenvalue weighted by molar-refractivity contribution is 0.548. The van der Waals surface area contributed by atoms with E-state index in [0.29, 0.717) is 11.4 Å². The first-order valence-electron chi connectivity index (χ1n) is 6.17. The first-order valence-corrected chi connectivity index (χ1v) is 6.93. The Morgan fingerprint density at radius 3 is 2.45 bits per heavy atom. The molecule has 0 fully saturated rings. The van der Waals surface area contributed by atoms with Crippen LogP contribution in [0.1, 0.15) is 22.7 Å². The number of hydrogen-bond acceptors (Lipinski definition) is 2. The van der Waals surface area contributed by atoms with E-state index in [9.17, 15) is 4.39 Å². The molecule has 1 atom stereocenters. The first-order chi connectivity index (χ1) is 9.51. The molecule has 2 nitrogen and oxygen atoms in total. The zero-order valence-corrected chi connectivity index (χ0v) is 12.5. The Labute approximate surface area is 127 Å². The molecule has 20 heavy (non-hydrogen) atoms. The van der Waals surface area contributed by atoms with Gasteiger partial charge < -0.3 is 0 Å². The molecule has 0 aliphatic carbocycles. The summed E-state index contributed by atoms with van der Waals surface area (Å²) in [5, 5.41) is 0.829. The van der Waals surface area contributed by atoms with E-state index < -0.39 is 5.82 Å². The summed E-state index contributed by atoms with van der Waals surface area (Å²) in [6, 6.07) is 10.4. The molecule has 0 spiro atoms. The van der Waals surface area contributed by atoms with Gasteiger partial charge in [0.05, 0.1) is 5.02 Å². The quantitative estimate of drug-likeness (QED) is 0.656. The highest BCUT2D eigenvalue weighted by Gasteiger charge is 2.12. The fourth-order valence-electron chi connectivity index (χ4n) is 2.06. The van der Waals surface area contributed by atoms with Gasteiger partial charge in [-0.1, -0.05) is 41.4 Å². The van der Waals surface area contributed by atoms with Gasteiger partial charge in [0.2, 0.25) is 0 Å². The Morgan fingerprint density at radius 2 is 1.85 bits per heavy atom. The normalized spacial score (nSPS) is 12.4. The SMILES string of the molecule is Cc1cc(C(Cc2ccc(Cl)c(F)c2)NN)ccc1Cl. The lowest BCUT2D eigenvalue weighted by Crippen LogP contribution is -2.29. The average Bonchev–Trinajstić information content (AvgIpc) is 2.43. The summed E-state index contributed by atoms with van der Waals surface area (Å²) in [7, 11) is 0. The van der Waals surface area contributed by atoms with Gasteiger partial charge in [-0.3, -0.25) is 11.3 Å². The van der Waals surface area contributed by atoms with Crippen molar-refractivity contribution < 1.29 is 4.39 Å². The molecule has 0 heterocycles. The van der Waals surface area contributed by atoms with Crippen molar-refractivity contribution >= 4 is 23.2 Å². The maximum Gasteiger partial charge on any atom is 0.142 e. The average molecular weight is 313 g/mol. The van der Waals surface area contributed by atoms with Gasteiger partial charge in [0.1, 0.15) is 5.82 Å². The number of halogens is 3. The Balaban J connectivity index is 2.23. The van der Waals surface area contributed by atoms with E-state index in [2.05, 4.69) is 5.43 Å². The van der Waals surface area contributed by atoms with Crippen LogP contribution in [0.15, 0.2) is 36.4 Å². The monoisotopic (exact) mass is 312 g/mol. The molecule has 0 radical (unpaired) electrons. The molecular formula is C15H15Cl2FN2. The highest BCUT2D eigenvalue weighted by Crippen LogP contribution is 2.24. The fourth-order valence-corrected chi connectivity index (χ4v) is 2.30. The molecule has 2 aromatic rings.